The number of aromatic hydroxyl groups is 1. The predicted octanol–water partition coefficient (Wildman–Crippen LogP) is -0.715. The Morgan fingerprint density at radius 1 is 1.18 bits per heavy atom. The van der Waals surface area contributed by atoms with E-state index in [2.05, 4.69) is 25.7 Å². The summed E-state index contributed by atoms with van der Waals surface area (Å²) < 4.78 is 12.4. The molecule has 0 bridgehead atoms. The third kappa shape index (κ3) is 4.68. The van der Waals surface area contributed by atoms with Crippen molar-refractivity contribution < 1.29 is 34.7 Å². The number of hydroxylamine groups is 1. The molecule has 3 heterocycles. The van der Waals surface area contributed by atoms with Crippen molar-refractivity contribution in [1.82, 2.24) is 25.0 Å². The fraction of sp³-hybridized carbons (Fsp3) is 0.450. The molecule has 33 heavy (non-hydrogen) atoms. The van der Waals surface area contributed by atoms with Gasteiger partial charge in [0.05, 0.1) is 26.7 Å². The number of aliphatic hydroxyl groups excluding tert-OH is 3. The Kier molecular flexibility index (Phi) is 7.17. The van der Waals surface area contributed by atoms with Crippen LogP contribution in [0.2, 0.25) is 0 Å². The lowest BCUT2D eigenvalue weighted by molar-refractivity contribution is -0.0872. The van der Waals surface area contributed by atoms with Gasteiger partial charge < -0.3 is 35.2 Å². The lowest BCUT2D eigenvalue weighted by Crippen LogP contribution is -2.35. The zero-order valence-electron chi connectivity index (χ0n) is 17.8. The molecule has 13 heteroatoms. The van der Waals surface area contributed by atoms with Gasteiger partial charge in [0.1, 0.15) is 24.6 Å². The summed E-state index contributed by atoms with van der Waals surface area (Å²) in [5.41, 5.74) is 3.95. The van der Waals surface area contributed by atoms with Gasteiger partial charge in [0.15, 0.2) is 34.7 Å². The zero-order chi connectivity index (χ0) is 23.4. The minimum Gasteiger partial charge on any atom is -0.504 e. The van der Waals surface area contributed by atoms with E-state index in [1.807, 2.05) is 0 Å². The minimum atomic E-state index is -1.24. The highest BCUT2D eigenvalue weighted by Gasteiger charge is 2.44. The van der Waals surface area contributed by atoms with Gasteiger partial charge in [0.25, 0.3) is 0 Å². The first-order chi connectivity index (χ1) is 16.0. The molecule has 0 radical (unpaired) electrons. The molecular weight excluding hydrogens is 436 g/mol. The molecule has 0 spiro atoms. The number of rotatable bonds is 10. The second kappa shape index (κ2) is 10.2. The van der Waals surface area contributed by atoms with Gasteiger partial charge in [-0.25, -0.2) is 20.4 Å². The lowest BCUT2D eigenvalue weighted by Gasteiger charge is -2.16. The molecule has 0 amide bonds. The first-order valence-electron chi connectivity index (χ1n) is 10.3. The first kappa shape index (κ1) is 23.1. The van der Waals surface area contributed by atoms with Crippen LogP contribution < -0.4 is 15.5 Å². The summed E-state index contributed by atoms with van der Waals surface area (Å²) in [6.07, 6.45) is -1.40. The van der Waals surface area contributed by atoms with E-state index in [4.69, 9.17) is 19.4 Å². The molecule has 178 valence electrons. The van der Waals surface area contributed by atoms with Crippen LogP contribution in [0.3, 0.4) is 0 Å². The summed E-state index contributed by atoms with van der Waals surface area (Å²) in [4.78, 5) is 18.0. The van der Waals surface area contributed by atoms with E-state index in [0.29, 0.717) is 28.3 Å². The van der Waals surface area contributed by atoms with Gasteiger partial charge in [-0.2, -0.15) is 0 Å². The SMILES string of the molecule is COc1cccc(CNc2ncnc3c2ncn3[C@@H]2O[C@H](CONCCO)[C@@H](O)[C@H]2O)c1O. The molecule has 0 unspecified atom stereocenters. The largest absolute Gasteiger partial charge is 0.504 e. The van der Waals surface area contributed by atoms with Crippen molar-refractivity contribution in [3.8, 4) is 11.5 Å². The van der Waals surface area contributed by atoms with Crippen molar-refractivity contribution in [2.75, 3.05) is 32.2 Å². The number of imidazole rings is 1. The average Bonchev–Trinajstić information content (AvgIpc) is 3.38. The van der Waals surface area contributed by atoms with Crippen LogP contribution in [0, 0.1) is 0 Å². The molecular formula is C20H26N6O7. The predicted molar refractivity (Wildman–Crippen MR) is 114 cm³/mol. The molecule has 6 N–H and O–H groups in total. The van der Waals surface area contributed by atoms with E-state index in [9.17, 15) is 15.3 Å². The quantitative estimate of drug-likeness (QED) is 0.165. The minimum absolute atomic E-state index is 0.0292. The summed E-state index contributed by atoms with van der Waals surface area (Å²) in [7, 11) is 1.48. The van der Waals surface area contributed by atoms with Crippen LogP contribution in [-0.2, 0) is 16.1 Å². The number of phenols is 1. The normalized spacial score (nSPS) is 22.7. The third-order valence-electron chi connectivity index (χ3n) is 5.28. The van der Waals surface area contributed by atoms with Crippen molar-refractivity contribution in [1.29, 1.82) is 0 Å². The molecule has 1 saturated heterocycles. The molecule has 1 fully saturated rings. The molecule has 4 atom stereocenters. The molecule has 4 rings (SSSR count). The number of nitrogens with zero attached hydrogens (tertiary/aromatic N) is 4. The topological polar surface area (TPSA) is 176 Å². The second-order valence-corrected chi connectivity index (χ2v) is 7.34. The Balaban J connectivity index is 1.50. The number of para-hydroxylation sites is 1. The van der Waals surface area contributed by atoms with E-state index in [1.165, 1.54) is 24.3 Å². The number of aliphatic hydroxyl groups is 3. The molecule has 0 aliphatic carbocycles. The van der Waals surface area contributed by atoms with Gasteiger partial charge in [-0.05, 0) is 6.07 Å². The van der Waals surface area contributed by atoms with Crippen LogP contribution in [0.25, 0.3) is 11.2 Å². The summed E-state index contributed by atoms with van der Waals surface area (Å²) in [5.74, 6) is 0.811. The van der Waals surface area contributed by atoms with Crippen molar-refractivity contribution in [3.05, 3.63) is 36.4 Å². The number of fused-ring (bicyclic) bond motifs is 1. The lowest BCUT2D eigenvalue weighted by atomic mass is 10.1. The number of ether oxygens (including phenoxy) is 2. The summed E-state index contributed by atoms with van der Waals surface area (Å²) in [6, 6.07) is 5.18. The highest BCUT2D eigenvalue weighted by Crippen LogP contribution is 2.33. The molecule has 1 aliphatic heterocycles. The average molecular weight is 462 g/mol. The Morgan fingerprint density at radius 2 is 2.03 bits per heavy atom. The number of methoxy groups -OCH3 is 1. The van der Waals surface area contributed by atoms with Crippen molar-refractivity contribution in [3.63, 3.8) is 0 Å². The highest BCUT2D eigenvalue weighted by atomic mass is 16.7. The molecule has 2 aromatic heterocycles. The van der Waals surface area contributed by atoms with Gasteiger partial charge in [-0.15, -0.1) is 0 Å². The van der Waals surface area contributed by atoms with Gasteiger partial charge in [-0.3, -0.25) is 9.40 Å². The van der Waals surface area contributed by atoms with Crippen LogP contribution >= 0.6 is 0 Å². The van der Waals surface area contributed by atoms with E-state index in [-0.39, 0.29) is 32.1 Å². The Bertz CT molecular complexity index is 1080. The Morgan fingerprint density at radius 3 is 2.82 bits per heavy atom. The van der Waals surface area contributed by atoms with E-state index in [1.54, 1.807) is 18.2 Å². The number of nitrogens with one attached hydrogen (secondary N) is 2. The summed E-state index contributed by atoms with van der Waals surface area (Å²) in [5, 5.41) is 43.1. The highest BCUT2D eigenvalue weighted by molar-refractivity contribution is 5.82. The fourth-order valence-corrected chi connectivity index (χ4v) is 3.58. The van der Waals surface area contributed by atoms with E-state index >= 15 is 0 Å². The summed E-state index contributed by atoms with van der Waals surface area (Å²) >= 11 is 0. The van der Waals surface area contributed by atoms with Gasteiger partial charge in [-0.1, -0.05) is 12.1 Å². The van der Waals surface area contributed by atoms with Gasteiger partial charge >= 0.3 is 0 Å². The third-order valence-corrected chi connectivity index (χ3v) is 5.28. The molecule has 13 nitrogen and oxygen atoms in total. The van der Waals surface area contributed by atoms with E-state index < -0.39 is 24.5 Å². The monoisotopic (exact) mass is 462 g/mol. The van der Waals surface area contributed by atoms with Gasteiger partial charge in [0, 0.05) is 18.7 Å². The second-order valence-electron chi connectivity index (χ2n) is 7.34. The number of hydrogen-bond donors (Lipinski definition) is 6. The van der Waals surface area contributed by atoms with Gasteiger partial charge in [0.2, 0.25) is 0 Å². The number of phenolic OH excluding ortho intramolecular Hbond substituents is 1. The van der Waals surface area contributed by atoms with Crippen LogP contribution in [0.1, 0.15) is 11.8 Å². The van der Waals surface area contributed by atoms with Crippen molar-refractivity contribution in [2.24, 2.45) is 0 Å². The standard InChI is InChI=1S/C20H26N6O7/c1-31-12-4-2-3-11(15(12)28)7-21-18-14-19(23-9-22-18)26(10-24-14)20-17(30)16(29)13(33-20)8-32-25-5-6-27/h2-4,9-10,13,16-17,20,25,27-30H,5-8H2,1H3,(H,21,22,23)/t13-,16-,17-,20-/m1/s1. The Hall–Kier alpha value is -3.07. The zero-order valence-corrected chi connectivity index (χ0v) is 17.8. The van der Waals surface area contributed by atoms with Crippen LogP contribution in [0.5, 0.6) is 11.5 Å². The molecule has 1 aliphatic rings. The maximum atomic E-state index is 10.5. The van der Waals surface area contributed by atoms with Crippen molar-refractivity contribution >= 4 is 17.0 Å². The number of anilines is 1. The van der Waals surface area contributed by atoms with Crippen LogP contribution in [-0.4, -0.2) is 85.1 Å². The van der Waals surface area contributed by atoms with E-state index in [0.717, 1.165) is 0 Å². The smallest absolute Gasteiger partial charge is 0.167 e. The number of benzene rings is 1. The summed E-state index contributed by atoms with van der Waals surface area (Å²) in [6.45, 7) is 0.339. The Labute approximate surface area is 188 Å². The van der Waals surface area contributed by atoms with Crippen LogP contribution in [0.15, 0.2) is 30.9 Å². The molecule has 0 saturated carbocycles. The first-order valence-corrected chi connectivity index (χ1v) is 10.3. The molecule has 1 aromatic carbocycles. The fourth-order valence-electron chi connectivity index (χ4n) is 3.58. The number of hydrogen-bond acceptors (Lipinski definition) is 12. The number of aromatic nitrogens is 4. The van der Waals surface area contributed by atoms with Crippen LogP contribution in [0.4, 0.5) is 5.82 Å². The maximum Gasteiger partial charge on any atom is 0.167 e. The maximum absolute atomic E-state index is 10.5. The molecule has 3 aromatic rings. The van der Waals surface area contributed by atoms with Crippen molar-refractivity contribution in [2.45, 2.75) is 31.1 Å².